The molecule has 4 nitrogen and oxygen atoms in total. The minimum absolute atomic E-state index is 0.658. The Hall–Kier alpha value is -1.88. The average Bonchev–Trinajstić information content (AvgIpc) is 3.23. The highest BCUT2D eigenvalue weighted by molar-refractivity contribution is 9.10. The average molecular weight is 343 g/mol. The zero-order valence-corrected chi connectivity index (χ0v) is 13.0. The van der Waals surface area contributed by atoms with Crippen molar-refractivity contribution in [3.05, 3.63) is 53.2 Å². The van der Waals surface area contributed by atoms with Crippen molar-refractivity contribution in [2.45, 2.75) is 25.4 Å². The lowest BCUT2D eigenvalue weighted by Gasteiger charge is -2.11. The highest BCUT2D eigenvalue weighted by atomic mass is 79.9. The number of halogens is 1. The van der Waals surface area contributed by atoms with Crippen LogP contribution in [0.5, 0.6) is 0 Å². The Kier molecular flexibility index (Phi) is 3.15. The number of fused-ring (bicyclic) bond motifs is 1. The SMILES string of the molecule is Brc1cnc2c(NCc3cncn3C3CC3)cccc2c1. The summed E-state index contributed by atoms with van der Waals surface area (Å²) < 4.78 is 3.28. The Morgan fingerprint density at radius 1 is 1.29 bits per heavy atom. The molecule has 1 saturated carbocycles. The van der Waals surface area contributed by atoms with Crippen molar-refractivity contribution >= 4 is 32.5 Å². The molecule has 0 amide bonds. The molecular weight excluding hydrogens is 328 g/mol. The lowest BCUT2D eigenvalue weighted by atomic mass is 10.2. The van der Waals surface area contributed by atoms with E-state index in [9.17, 15) is 0 Å². The topological polar surface area (TPSA) is 42.7 Å². The largest absolute Gasteiger partial charge is 0.378 e. The number of para-hydroxylation sites is 1. The molecule has 0 saturated heterocycles. The summed E-state index contributed by atoms with van der Waals surface area (Å²) in [6.07, 6.45) is 8.26. The molecule has 2 heterocycles. The molecule has 5 heteroatoms. The molecule has 21 heavy (non-hydrogen) atoms. The normalized spacial score (nSPS) is 14.5. The van der Waals surface area contributed by atoms with Gasteiger partial charge < -0.3 is 9.88 Å². The molecular formula is C16H15BrN4. The molecule has 1 aromatic carbocycles. The van der Waals surface area contributed by atoms with Gasteiger partial charge in [0.15, 0.2) is 0 Å². The Labute approximate surface area is 131 Å². The predicted molar refractivity (Wildman–Crippen MR) is 87.3 cm³/mol. The van der Waals surface area contributed by atoms with Crippen LogP contribution in [0.1, 0.15) is 24.6 Å². The van der Waals surface area contributed by atoms with Gasteiger partial charge in [-0.15, -0.1) is 0 Å². The van der Waals surface area contributed by atoms with Crippen LogP contribution in [0, 0.1) is 0 Å². The van der Waals surface area contributed by atoms with Gasteiger partial charge in [-0.3, -0.25) is 4.98 Å². The molecule has 0 radical (unpaired) electrons. The van der Waals surface area contributed by atoms with Gasteiger partial charge in [-0.25, -0.2) is 4.98 Å². The van der Waals surface area contributed by atoms with E-state index in [-0.39, 0.29) is 0 Å². The molecule has 0 bridgehead atoms. The van der Waals surface area contributed by atoms with Crippen LogP contribution >= 0.6 is 15.9 Å². The minimum Gasteiger partial charge on any atom is -0.378 e. The summed E-state index contributed by atoms with van der Waals surface area (Å²) >= 11 is 3.47. The van der Waals surface area contributed by atoms with Crippen molar-refractivity contribution in [1.82, 2.24) is 14.5 Å². The van der Waals surface area contributed by atoms with E-state index in [1.165, 1.54) is 18.5 Å². The first-order valence-corrected chi connectivity index (χ1v) is 7.89. The summed E-state index contributed by atoms with van der Waals surface area (Å²) in [5, 5.41) is 4.62. The predicted octanol–water partition coefficient (Wildman–Crippen LogP) is 4.14. The zero-order chi connectivity index (χ0) is 14.2. The van der Waals surface area contributed by atoms with E-state index in [2.05, 4.69) is 60.0 Å². The smallest absolute Gasteiger partial charge is 0.0951 e. The maximum absolute atomic E-state index is 4.52. The van der Waals surface area contributed by atoms with Crippen LogP contribution in [-0.4, -0.2) is 14.5 Å². The number of hydrogen-bond donors (Lipinski definition) is 1. The van der Waals surface area contributed by atoms with Crippen LogP contribution in [0.15, 0.2) is 47.5 Å². The minimum atomic E-state index is 0.658. The molecule has 1 N–H and O–H groups in total. The highest BCUT2D eigenvalue weighted by Crippen LogP contribution is 2.35. The third-order valence-electron chi connectivity index (χ3n) is 3.82. The lowest BCUT2D eigenvalue weighted by Crippen LogP contribution is -2.06. The second kappa shape index (κ2) is 5.15. The van der Waals surface area contributed by atoms with E-state index in [1.807, 2.05) is 18.7 Å². The van der Waals surface area contributed by atoms with Gasteiger partial charge in [-0.05, 0) is 40.9 Å². The van der Waals surface area contributed by atoms with Crippen molar-refractivity contribution in [3.8, 4) is 0 Å². The van der Waals surface area contributed by atoms with Crippen LogP contribution in [-0.2, 0) is 6.54 Å². The van der Waals surface area contributed by atoms with Crippen molar-refractivity contribution in [1.29, 1.82) is 0 Å². The summed E-state index contributed by atoms with van der Waals surface area (Å²) in [4.78, 5) is 8.79. The van der Waals surface area contributed by atoms with Crippen molar-refractivity contribution in [3.63, 3.8) is 0 Å². The molecule has 106 valence electrons. The molecule has 0 spiro atoms. The van der Waals surface area contributed by atoms with Crippen molar-refractivity contribution in [2.24, 2.45) is 0 Å². The van der Waals surface area contributed by atoms with Gasteiger partial charge in [0.1, 0.15) is 0 Å². The fourth-order valence-corrected chi connectivity index (χ4v) is 2.96. The van der Waals surface area contributed by atoms with Crippen LogP contribution in [0.4, 0.5) is 5.69 Å². The van der Waals surface area contributed by atoms with Crippen LogP contribution in [0.3, 0.4) is 0 Å². The summed E-state index contributed by atoms with van der Waals surface area (Å²) in [6, 6.07) is 8.94. The number of aromatic nitrogens is 3. The van der Waals surface area contributed by atoms with Gasteiger partial charge in [-0.2, -0.15) is 0 Å². The summed E-state index contributed by atoms with van der Waals surface area (Å²) in [5.74, 6) is 0. The van der Waals surface area contributed by atoms with Gasteiger partial charge in [0.25, 0.3) is 0 Å². The monoisotopic (exact) mass is 342 g/mol. The Morgan fingerprint density at radius 2 is 2.19 bits per heavy atom. The van der Waals surface area contributed by atoms with Crippen molar-refractivity contribution < 1.29 is 0 Å². The number of anilines is 1. The second-order valence-corrected chi connectivity index (χ2v) is 6.32. The van der Waals surface area contributed by atoms with E-state index in [0.29, 0.717) is 6.04 Å². The number of benzene rings is 1. The Balaban J connectivity index is 1.61. The first-order chi connectivity index (χ1) is 10.3. The van der Waals surface area contributed by atoms with E-state index in [0.717, 1.165) is 27.6 Å². The fraction of sp³-hybridized carbons (Fsp3) is 0.250. The molecule has 1 aliphatic rings. The van der Waals surface area contributed by atoms with Gasteiger partial charge in [-0.1, -0.05) is 12.1 Å². The summed E-state index contributed by atoms with van der Waals surface area (Å²) in [6.45, 7) is 0.771. The van der Waals surface area contributed by atoms with E-state index in [1.54, 1.807) is 0 Å². The van der Waals surface area contributed by atoms with Crippen LogP contribution < -0.4 is 5.32 Å². The number of nitrogens with zero attached hydrogens (tertiary/aromatic N) is 3. The maximum atomic E-state index is 4.52. The van der Waals surface area contributed by atoms with Gasteiger partial charge in [0.2, 0.25) is 0 Å². The van der Waals surface area contributed by atoms with E-state index < -0.39 is 0 Å². The van der Waals surface area contributed by atoms with Crippen LogP contribution in [0.2, 0.25) is 0 Å². The molecule has 2 aromatic heterocycles. The van der Waals surface area contributed by atoms with Gasteiger partial charge >= 0.3 is 0 Å². The third-order valence-corrected chi connectivity index (χ3v) is 4.26. The van der Waals surface area contributed by atoms with E-state index >= 15 is 0 Å². The first-order valence-electron chi connectivity index (χ1n) is 7.10. The summed E-state index contributed by atoms with van der Waals surface area (Å²) in [7, 11) is 0. The number of hydrogen-bond acceptors (Lipinski definition) is 3. The standard InChI is InChI=1S/C16H15BrN4/c17-12-6-11-2-1-3-15(16(11)20-7-12)19-9-14-8-18-10-21(14)13-4-5-13/h1-3,6-8,10,13,19H,4-5,9H2. The number of imidazole rings is 1. The molecule has 3 aromatic rings. The lowest BCUT2D eigenvalue weighted by molar-refractivity contribution is 0.701. The quantitative estimate of drug-likeness (QED) is 0.774. The first kappa shape index (κ1) is 12.8. The Morgan fingerprint density at radius 3 is 3.05 bits per heavy atom. The number of pyridine rings is 1. The number of rotatable bonds is 4. The number of nitrogens with one attached hydrogen (secondary N) is 1. The highest BCUT2D eigenvalue weighted by Gasteiger charge is 2.24. The molecule has 0 unspecified atom stereocenters. The van der Waals surface area contributed by atoms with E-state index in [4.69, 9.17) is 0 Å². The molecule has 1 aliphatic carbocycles. The molecule has 1 fully saturated rings. The molecule has 0 aliphatic heterocycles. The third kappa shape index (κ3) is 2.53. The zero-order valence-electron chi connectivity index (χ0n) is 11.5. The fourth-order valence-electron chi connectivity index (χ4n) is 2.61. The van der Waals surface area contributed by atoms with Gasteiger partial charge in [0.05, 0.1) is 29.8 Å². The summed E-state index contributed by atoms with van der Waals surface area (Å²) in [5.41, 5.74) is 3.29. The van der Waals surface area contributed by atoms with Crippen LogP contribution in [0.25, 0.3) is 10.9 Å². The van der Waals surface area contributed by atoms with Crippen molar-refractivity contribution in [2.75, 3.05) is 5.32 Å². The Bertz CT molecular complexity index is 792. The molecule has 4 rings (SSSR count). The second-order valence-electron chi connectivity index (χ2n) is 5.41. The molecule has 0 atom stereocenters. The maximum Gasteiger partial charge on any atom is 0.0951 e. The van der Waals surface area contributed by atoms with Gasteiger partial charge in [0, 0.05) is 28.3 Å².